The molecule has 33 heavy (non-hydrogen) atoms. The fraction of sp³-hybridized carbons (Fsp3) is 0.346. The molecule has 0 aliphatic carbocycles. The highest BCUT2D eigenvalue weighted by atomic mass is 16.5. The van der Waals surface area contributed by atoms with Crippen LogP contribution >= 0.6 is 0 Å². The van der Waals surface area contributed by atoms with Gasteiger partial charge in [0, 0.05) is 23.5 Å². The lowest BCUT2D eigenvalue weighted by molar-refractivity contribution is 0.0907. The van der Waals surface area contributed by atoms with Gasteiger partial charge in [-0.2, -0.15) is 10.2 Å². The Kier molecular flexibility index (Phi) is 4.70. The van der Waals surface area contributed by atoms with Crippen LogP contribution in [0.4, 0.5) is 11.5 Å². The molecule has 0 amide bonds. The van der Waals surface area contributed by atoms with Gasteiger partial charge < -0.3 is 15.0 Å². The highest BCUT2D eigenvalue weighted by Crippen LogP contribution is 2.37. The number of benzene rings is 2. The summed E-state index contributed by atoms with van der Waals surface area (Å²) in [6.45, 7) is 5.70. The maximum atomic E-state index is 9.45. The van der Waals surface area contributed by atoms with Crippen LogP contribution in [0.5, 0.6) is 0 Å². The van der Waals surface area contributed by atoms with Gasteiger partial charge in [-0.15, -0.1) is 0 Å². The molecule has 3 atom stereocenters. The topological polar surface area (TPSA) is 78.5 Å². The van der Waals surface area contributed by atoms with Gasteiger partial charge in [0.05, 0.1) is 48.5 Å². The third kappa shape index (κ3) is 3.21. The van der Waals surface area contributed by atoms with Crippen LogP contribution in [0.3, 0.4) is 0 Å². The van der Waals surface area contributed by atoms with Gasteiger partial charge >= 0.3 is 0 Å². The van der Waals surface area contributed by atoms with E-state index in [1.807, 2.05) is 29.7 Å². The molecule has 2 aromatic carbocycles. The van der Waals surface area contributed by atoms with Crippen molar-refractivity contribution >= 4 is 28.2 Å². The van der Waals surface area contributed by atoms with Crippen molar-refractivity contribution in [2.75, 3.05) is 23.4 Å². The summed E-state index contributed by atoms with van der Waals surface area (Å²) >= 11 is 0. The molecule has 2 aliphatic rings. The van der Waals surface area contributed by atoms with E-state index in [-0.39, 0.29) is 6.04 Å². The Morgan fingerprint density at radius 1 is 1.18 bits per heavy atom. The van der Waals surface area contributed by atoms with Gasteiger partial charge in [0.1, 0.15) is 5.82 Å². The maximum absolute atomic E-state index is 9.45. The number of hydrogen-bond acceptors (Lipinski definition) is 6. The number of aromatic nitrogens is 3. The smallest absolute Gasteiger partial charge is 0.236 e. The lowest BCUT2D eigenvalue weighted by Gasteiger charge is -2.36. The number of nitrogens with one attached hydrogen (secondary N) is 1. The van der Waals surface area contributed by atoms with Crippen molar-refractivity contribution in [2.45, 2.75) is 44.8 Å². The van der Waals surface area contributed by atoms with Crippen LogP contribution in [-0.2, 0) is 4.74 Å². The number of morpholine rings is 1. The normalized spacial score (nSPS) is 20.8. The first kappa shape index (κ1) is 20.0. The third-order valence-electron chi connectivity index (χ3n) is 7.18. The van der Waals surface area contributed by atoms with Gasteiger partial charge in [-0.25, -0.2) is 4.98 Å². The second-order valence-electron chi connectivity index (χ2n) is 9.09. The summed E-state index contributed by atoms with van der Waals surface area (Å²) in [4.78, 5) is 11.9. The lowest BCUT2D eigenvalue weighted by atomic mass is 9.98. The zero-order valence-corrected chi connectivity index (χ0v) is 18.8. The number of nitriles is 1. The van der Waals surface area contributed by atoms with Crippen molar-refractivity contribution < 1.29 is 4.74 Å². The molecule has 2 aliphatic heterocycles. The van der Waals surface area contributed by atoms with Gasteiger partial charge in [-0.05, 0) is 62.1 Å². The molecule has 7 heteroatoms. The zero-order chi connectivity index (χ0) is 22.5. The van der Waals surface area contributed by atoms with Crippen LogP contribution in [0, 0.1) is 18.3 Å². The van der Waals surface area contributed by atoms with E-state index in [0.29, 0.717) is 23.4 Å². The Morgan fingerprint density at radius 3 is 2.79 bits per heavy atom. The minimum atomic E-state index is -0.0189. The molecule has 0 radical (unpaired) electrons. The summed E-state index contributed by atoms with van der Waals surface area (Å²) in [5, 5.41) is 14.1. The predicted octanol–water partition coefficient (Wildman–Crippen LogP) is 4.60. The van der Waals surface area contributed by atoms with Gasteiger partial charge in [0.2, 0.25) is 5.78 Å². The molecule has 1 N–H and O–H groups in total. The summed E-state index contributed by atoms with van der Waals surface area (Å²) in [5.74, 6) is 1.47. The average Bonchev–Trinajstić information content (AvgIpc) is 3.40. The standard InChI is InChI=1S/C26H26N6O/c1-16-18(13-27)4-3-5-22(16)17(2)29-25-23-12-19(32-20-6-7-21(32)15-33-14-20)8-9-24(23)31-11-10-28-26(31)30-25/h3-5,8-12,17,20-21H,6-7,14-15H2,1-2H3,(H,28,29,30)/t17-,20-,21+/m1/s1. The SMILES string of the molecule is Cc1c(C#N)cccc1[C@@H](C)Nc1nc2nccn2c2ccc(N3[C@@H]4CC[C@H]3COC4)cc12. The van der Waals surface area contributed by atoms with Crippen molar-refractivity contribution in [3.63, 3.8) is 0 Å². The fourth-order valence-electron chi connectivity index (χ4n) is 5.50. The molecule has 0 saturated carbocycles. The first-order valence-electron chi connectivity index (χ1n) is 11.5. The second-order valence-corrected chi connectivity index (χ2v) is 9.09. The van der Waals surface area contributed by atoms with E-state index >= 15 is 0 Å². The van der Waals surface area contributed by atoms with Crippen LogP contribution < -0.4 is 10.2 Å². The number of rotatable bonds is 4. The highest BCUT2D eigenvalue weighted by molar-refractivity contribution is 5.94. The second kappa shape index (κ2) is 7.75. The third-order valence-corrected chi connectivity index (χ3v) is 7.18. The molecular weight excluding hydrogens is 412 g/mol. The molecule has 0 unspecified atom stereocenters. The maximum Gasteiger partial charge on any atom is 0.236 e. The van der Waals surface area contributed by atoms with E-state index < -0.39 is 0 Å². The molecule has 0 spiro atoms. The van der Waals surface area contributed by atoms with Crippen molar-refractivity contribution in [1.29, 1.82) is 5.26 Å². The summed E-state index contributed by atoms with van der Waals surface area (Å²) in [5.41, 5.74) is 5.08. The van der Waals surface area contributed by atoms with Gasteiger partial charge in [0.15, 0.2) is 0 Å². The number of imidazole rings is 1. The average molecular weight is 439 g/mol. The van der Waals surface area contributed by atoms with E-state index in [1.54, 1.807) is 6.20 Å². The lowest BCUT2D eigenvalue weighted by Crippen LogP contribution is -2.45. The Morgan fingerprint density at radius 2 is 2.00 bits per heavy atom. The summed E-state index contributed by atoms with van der Waals surface area (Å²) in [6.07, 6.45) is 6.10. The minimum absolute atomic E-state index is 0.0189. The van der Waals surface area contributed by atoms with Gasteiger partial charge in [-0.1, -0.05) is 12.1 Å². The van der Waals surface area contributed by atoms with Crippen molar-refractivity contribution in [3.05, 3.63) is 65.5 Å². The quantitative estimate of drug-likeness (QED) is 0.502. The monoisotopic (exact) mass is 438 g/mol. The first-order valence-corrected chi connectivity index (χ1v) is 11.5. The van der Waals surface area contributed by atoms with E-state index in [1.165, 1.54) is 18.5 Å². The molecule has 166 valence electrons. The van der Waals surface area contributed by atoms with Crippen LogP contribution in [0.1, 0.15) is 42.5 Å². The van der Waals surface area contributed by atoms with Crippen LogP contribution in [0.15, 0.2) is 48.8 Å². The number of ether oxygens (including phenoxy) is 1. The summed E-state index contributed by atoms with van der Waals surface area (Å²) in [6, 6.07) is 15.7. The molecule has 4 heterocycles. The first-order chi connectivity index (χ1) is 16.1. The van der Waals surface area contributed by atoms with E-state index in [4.69, 9.17) is 9.72 Å². The van der Waals surface area contributed by atoms with Gasteiger partial charge in [0.25, 0.3) is 0 Å². The summed E-state index contributed by atoms with van der Waals surface area (Å²) < 4.78 is 7.83. The van der Waals surface area contributed by atoms with Crippen molar-refractivity contribution in [3.8, 4) is 6.07 Å². The predicted molar refractivity (Wildman–Crippen MR) is 129 cm³/mol. The fourth-order valence-corrected chi connectivity index (χ4v) is 5.50. The molecule has 4 aromatic rings. The van der Waals surface area contributed by atoms with Crippen LogP contribution in [0.2, 0.25) is 0 Å². The molecule has 2 saturated heterocycles. The zero-order valence-electron chi connectivity index (χ0n) is 18.8. The molecule has 2 fully saturated rings. The highest BCUT2D eigenvalue weighted by Gasteiger charge is 2.37. The Bertz CT molecular complexity index is 1390. The Hall–Kier alpha value is -3.63. The number of anilines is 2. The van der Waals surface area contributed by atoms with E-state index in [9.17, 15) is 5.26 Å². The van der Waals surface area contributed by atoms with E-state index in [0.717, 1.165) is 41.1 Å². The molecular formula is C26H26N6O. The largest absolute Gasteiger partial charge is 0.377 e. The minimum Gasteiger partial charge on any atom is -0.377 e. The number of nitrogens with zero attached hydrogens (tertiary/aromatic N) is 5. The Labute approximate surface area is 192 Å². The Balaban J connectivity index is 1.45. The molecule has 2 aromatic heterocycles. The number of hydrogen-bond donors (Lipinski definition) is 1. The van der Waals surface area contributed by atoms with Gasteiger partial charge in [-0.3, -0.25) is 4.40 Å². The summed E-state index contributed by atoms with van der Waals surface area (Å²) in [7, 11) is 0. The van der Waals surface area contributed by atoms with E-state index in [2.05, 4.69) is 52.5 Å². The number of fused-ring (bicyclic) bond motifs is 5. The molecule has 2 bridgehead atoms. The van der Waals surface area contributed by atoms with Crippen molar-refractivity contribution in [1.82, 2.24) is 14.4 Å². The van der Waals surface area contributed by atoms with Crippen LogP contribution in [-0.4, -0.2) is 39.7 Å². The molecule has 6 rings (SSSR count). The van der Waals surface area contributed by atoms with Crippen molar-refractivity contribution in [2.24, 2.45) is 0 Å². The van der Waals surface area contributed by atoms with Crippen LogP contribution in [0.25, 0.3) is 16.7 Å². The molecule has 7 nitrogen and oxygen atoms in total.